The molecule has 1 N–H and O–H groups in total. The second-order valence-electron chi connectivity index (χ2n) is 6.80. The number of pyridine rings is 1. The summed E-state index contributed by atoms with van der Waals surface area (Å²) in [6, 6.07) is 27.3. The van der Waals surface area contributed by atoms with Crippen LogP contribution in [0.15, 0.2) is 91.1 Å². The van der Waals surface area contributed by atoms with Gasteiger partial charge < -0.3 is 10.1 Å². The smallest absolute Gasteiger partial charge is 0.251 e. The first-order chi connectivity index (χ1) is 14.3. The minimum absolute atomic E-state index is 0.0900. The third kappa shape index (κ3) is 4.79. The second kappa shape index (κ2) is 9.02. The van der Waals surface area contributed by atoms with Crippen molar-refractivity contribution in [2.75, 3.05) is 6.54 Å². The monoisotopic (exact) mass is 382 g/mol. The number of amides is 1. The van der Waals surface area contributed by atoms with Gasteiger partial charge in [-0.3, -0.25) is 9.78 Å². The van der Waals surface area contributed by atoms with Crippen molar-refractivity contribution in [3.05, 3.63) is 108 Å². The molecule has 1 heterocycles. The van der Waals surface area contributed by atoms with Crippen LogP contribution in [0.4, 0.5) is 0 Å². The maximum absolute atomic E-state index is 12.4. The summed E-state index contributed by atoms with van der Waals surface area (Å²) in [5, 5.41) is 4.10. The number of nitrogens with one attached hydrogen (secondary N) is 1. The molecule has 0 bridgehead atoms. The lowest BCUT2D eigenvalue weighted by molar-refractivity contribution is 0.0954. The third-order valence-corrected chi connectivity index (χ3v) is 4.76. The first-order valence-electron chi connectivity index (χ1n) is 9.67. The van der Waals surface area contributed by atoms with Gasteiger partial charge in [0, 0.05) is 23.7 Å². The SMILES string of the molecule is O=C(NCCc1cccc2cccnc12)c1ccc(OCc2ccccc2)cc1. The Kier molecular flexibility index (Phi) is 5.81. The van der Waals surface area contributed by atoms with E-state index in [4.69, 9.17) is 4.74 Å². The predicted molar refractivity (Wildman–Crippen MR) is 115 cm³/mol. The molecule has 3 aromatic carbocycles. The van der Waals surface area contributed by atoms with E-state index in [-0.39, 0.29) is 5.91 Å². The van der Waals surface area contributed by atoms with Gasteiger partial charge in [-0.1, -0.05) is 54.6 Å². The van der Waals surface area contributed by atoms with Crippen LogP contribution >= 0.6 is 0 Å². The van der Waals surface area contributed by atoms with Gasteiger partial charge in [0.15, 0.2) is 0 Å². The fourth-order valence-electron chi connectivity index (χ4n) is 3.23. The lowest BCUT2D eigenvalue weighted by Crippen LogP contribution is -2.25. The Morgan fingerprint density at radius 1 is 0.862 bits per heavy atom. The first kappa shape index (κ1) is 18.7. The molecule has 0 atom stereocenters. The summed E-state index contributed by atoms with van der Waals surface area (Å²) in [6.45, 7) is 1.06. The van der Waals surface area contributed by atoms with Crippen LogP contribution in [0, 0.1) is 0 Å². The molecule has 4 rings (SSSR count). The van der Waals surface area contributed by atoms with Crippen LogP contribution in [-0.4, -0.2) is 17.4 Å². The van der Waals surface area contributed by atoms with Gasteiger partial charge in [-0.05, 0) is 47.9 Å². The van der Waals surface area contributed by atoms with Crippen molar-refractivity contribution in [3.8, 4) is 5.75 Å². The van der Waals surface area contributed by atoms with Crippen molar-refractivity contribution in [1.82, 2.24) is 10.3 Å². The van der Waals surface area contributed by atoms with Crippen LogP contribution in [-0.2, 0) is 13.0 Å². The molecular formula is C25H22N2O2. The fourth-order valence-corrected chi connectivity index (χ4v) is 3.23. The molecule has 144 valence electrons. The van der Waals surface area contributed by atoms with Crippen molar-refractivity contribution in [1.29, 1.82) is 0 Å². The number of para-hydroxylation sites is 1. The van der Waals surface area contributed by atoms with E-state index in [0.29, 0.717) is 18.7 Å². The number of benzene rings is 3. The quantitative estimate of drug-likeness (QED) is 0.500. The van der Waals surface area contributed by atoms with Gasteiger partial charge in [-0.25, -0.2) is 0 Å². The van der Waals surface area contributed by atoms with Crippen LogP contribution in [0.25, 0.3) is 10.9 Å². The van der Waals surface area contributed by atoms with E-state index in [1.807, 2.05) is 66.7 Å². The zero-order valence-corrected chi connectivity index (χ0v) is 16.0. The Labute approximate surface area is 170 Å². The Balaban J connectivity index is 1.30. The van der Waals surface area contributed by atoms with Crippen LogP contribution < -0.4 is 10.1 Å². The van der Waals surface area contributed by atoms with Crippen LogP contribution in [0.5, 0.6) is 5.75 Å². The van der Waals surface area contributed by atoms with E-state index in [0.717, 1.165) is 34.2 Å². The van der Waals surface area contributed by atoms with Gasteiger partial charge >= 0.3 is 0 Å². The minimum Gasteiger partial charge on any atom is -0.489 e. The Morgan fingerprint density at radius 2 is 1.66 bits per heavy atom. The molecular weight excluding hydrogens is 360 g/mol. The molecule has 0 saturated heterocycles. The van der Waals surface area contributed by atoms with Crippen LogP contribution in [0.3, 0.4) is 0 Å². The lowest BCUT2D eigenvalue weighted by atomic mass is 10.1. The number of nitrogens with zero attached hydrogens (tertiary/aromatic N) is 1. The first-order valence-corrected chi connectivity index (χ1v) is 9.67. The number of aromatic nitrogens is 1. The van der Waals surface area contributed by atoms with Gasteiger partial charge in [-0.2, -0.15) is 0 Å². The number of ether oxygens (including phenoxy) is 1. The van der Waals surface area contributed by atoms with E-state index in [2.05, 4.69) is 16.4 Å². The van der Waals surface area contributed by atoms with Gasteiger partial charge in [0.05, 0.1) is 5.52 Å². The molecule has 0 unspecified atom stereocenters. The molecule has 4 aromatic rings. The Bertz CT molecular complexity index is 1090. The summed E-state index contributed by atoms with van der Waals surface area (Å²) in [5.41, 5.74) is 3.85. The normalized spacial score (nSPS) is 10.6. The predicted octanol–water partition coefficient (Wildman–Crippen LogP) is 4.79. The highest BCUT2D eigenvalue weighted by Crippen LogP contribution is 2.17. The largest absolute Gasteiger partial charge is 0.489 e. The molecule has 0 aliphatic rings. The number of hydrogen-bond acceptors (Lipinski definition) is 3. The molecule has 29 heavy (non-hydrogen) atoms. The zero-order chi connectivity index (χ0) is 19.9. The van der Waals surface area contributed by atoms with E-state index < -0.39 is 0 Å². The topological polar surface area (TPSA) is 51.2 Å². The highest BCUT2D eigenvalue weighted by Gasteiger charge is 2.07. The maximum atomic E-state index is 12.4. The van der Waals surface area contributed by atoms with Crippen LogP contribution in [0.1, 0.15) is 21.5 Å². The average Bonchev–Trinajstić information content (AvgIpc) is 2.79. The third-order valence-electron chi connectivity index (χ3n) is 4.76. The highest BCUT2D eigenvalue weighted by molar-refractivity contribution is 5.94. The standard InChI is InChI=1S/C25H22N2O2/c28-25(27-17-15-21-9-4-8-20-10-5-16-26-24(20)21)22-11-13-23(14-12-22)29-18-19-6-2-1-3-7-19/h1-14,16H,15,17-18H2,(H,27,28). The van der Waals surface area contributed by atoms with Crippen molar-refractivity contribution >= 4 is 16.8 Å². The van der Waals surface area contributed by atoms with Gasteiger partial charge in [0.1, 0.15) is 12.4 Å². The number of carbonyl (C=O) groups excluding carboxylic acids is 1. The zero-order valence-electron chi connectivity index (χ0n) is 16.0. The number of hydrogen-bond donors (Lipinski definition) is 1. The summed E-state index contributed by atoms with van der Waals surface area (Å²) in [6.07, 6.45) is 2.53. The Morgan fingerprint density at radius 3 is 2.48 bits per heavy atom. The Hall–Kier alpha value is -3.66. The van der Waals surface area contributed by atoms with Gasteiger partial charge in [-0.15, -0.1) is 0 Å². The molecule has 0 aliphatic heterocycles. The summed E-state index contributed by atoms with van der Waals surface area (Å²) < 4.78 is 5.77. The second-order valence-corrected chi connectivity index (χ2v) is 6.80. The molecule has 0 aliphatic carbocycles. The molecule has 0 saturated carbocycles. The van der Waals surface area contributed by atoms with E-state index in [1.54, 1.807) is 18.3 Å². The molecule has 1 aromatic heterocycles. The minimum atomic E-state index is -0.0900. The van der Waals surface area contributed by atoms with Crippen molar-refractivity contribution < 1.29 is 9.53 Å². The van der Waals surface area contributed by atoms with Crippen LogP contribution in [0.2, 0.25) is 0 Å². The number of fused-ring (bicyclic) bond motifs is 1. The molecule has 0 spiro atoms. The average molecular weight is 382 g/mol. The summed E-state index contributed by atoms with van der Waals surface area (Å²) in [4.78, 5) is 16.9. The molecule has 0 radical (unpaired) electrons. The van der Waals surface area contributed by atoms with Gasteiger partial charge in [0.25, 0.3) is 5.91 Å². The molecule has 4 nitrogen and oxygen atoms in total. The summed E-state index contributed by atoms with van der Waals surface area (Å²) >= 11 is 0. The van der Waals surface area contributed by atoms with E-state index >= 15 is 0 Å². The van der Waals surface area contributed by atoms with E-state index in [1.165, 1.54) is 0 Å². The number of carbonyl (C=O) groups is 1. The lowest BCUT2D eigenvalue weighted by Gasteiger charge is -2.09. The van der Waals surface area contributed by atoms with Crippen molar-refractivity contribution in [3.63, 3.8) is 0 Å². The molecule has 1 amide bonds. The van der Waals surface area contributed by atoms with Crippen molar-refractivity contribution in [2.24, 2.45) is 0 Å². The van der Waals surface area contributed by atoms with Gasteiger partial charge in [0.2, 0.25) is 0 Å². The summed E-state index contributed by atoms with van der Waals surface area (Å²) in [7, 11) is 0. The maximum Gasteiger partial charge on any atom is 0.251 e. The fraction of sp³-hybridized carbons (Fsp3) is 0.120. The molecule has 4 heteroatoms. The summed E-state index contributed by atoms with van der Waals surface area (Å²) in [5.74, 6) is 0.653. The highest BCUT2D eigenvalue weighted by atomic mass is 16.5. The number of rotatable bonds is 7. The van der Waals surface area contributed by atoms with E-state index in [9.17, 15) is 4.79 Å². The molecule has 0 fully saturated rings. The van der Waals surface area contributed by atoms with Crippen molar-refractivity contribution in [2.45, 2.75) is 13.0 Å².